The standard InChI is InChI=1S/C13H15FN2O3/c14-11-9-10(1-4-15-11)12(17)16-5-2-13(3-6-16)18-7-8-19-13/h1,4,9H,2-3,5-8H2. The lowest BCUT2D eigenvalue weighted by atomic mass is 10.0. The molecule has 0 radical (unpaired) electrons. The van der Waals surface area contributed by atoms with Gasteiger partial charge in [0, 0.05) is 43.8 Å². The van der Waals surface area contributed by atoms with Gasteiger partial charge in [-0.3, -0.25) is 4.79 Å². The Hall–Kier alpha value is -1.53. The maximum absolute atomic E-state index is 13.0. The van der Waals surface area contributed by atoms with Gasteiger partial charge in [0.15, 0.2) is 5.79 Å². The summed E-state index contributed by atoms with van der Waals surface area (Å²) in [5, 5.41) is 0. The summed E-state index contributed by atoms with van der Waals surface area (Å²) >= 11 is 0. The molecule has 2 saturated heterocycles. The molecule has 102 valence electrons. The molecular weight excluding hydrogens is 251 g/mol. The Labute approximate surface area is 110 Å². The number of amides is 1. The van der Waals surface area contributed by atoms with E-state index in [1.54, 1.807) is 4.90 Å². The van der Waals surface area contributed by atoms with E-state index in [1.165, 1.54) is 12.3 Å². The summed E-state index contributed by atoms with van der Waals surface area (Å²) in [6.45, 7) is 2.35. The smallest absolute Gasteiger partial charge is 0.254 e. The minimum Gasteiger partial charge on any atom is -0.347 e. The quantitative estimate of drug-likeness (QED) is 0.717. The second-order valence-corrected chi connectivity index (χ2v) is 4.77. The molecule has 0 aliphatic carbocycles. The second-order valence-electron chi connectivity index (χ2n) is 4.77. The minimum absolute atomic E-state index is 0.172. The average molecular weight is 266 g/mol. The normalized spacial score (nSPS) is 21.8. The Morgan fingerprint density at radius 2 is 2.00 bits per heavy atom. The Bertz CT molecular complexity index is 479. The lowest BCUT2D eigenvalue weighted by Crippen LogP contribution is -2.47. The number of carbonyl (C=O) groups is 1. The van der Waals surface area contributed by atoms with Gasteiger partial charge in [-0.1, -0.05) is 0 Å². The molecule has 0 unspecified atom stereocenters. The molecule has 2 aliphatic heterocycles. The van der Waals surface area contributed by atoms with Crippen molar-refractivity contribution in [1.82, 2.24) is 9.88 Å². The van der Waals surface area contributed by atoms with Gasteiger partial charge in [0.05, 0.1) is 13.2 Å². The van der Waals surface area contributed by atoms with Crippen LogP contribution < -0.4 is 0 Å². The highest BCUT2D eigenvalue weighted by molar-refractivity contribution is 5.94. The fourth-order valence-corrected chi connectivity index (χ4v) is 2.55. The number of pyridine rings is 1. The van der Waals surface area contributed by atoms with Gasteiger partial charge in [-0.15, -0.1) is 0 Å². The van der Waals surface area contributed by atoms with Gasteiger partial charge >= 0.3 is 0 Å². The van der Waals surface area contributed by atoms with Crippen molar-refractivity contribution < 1.29 is 18.7 Å². The number of halogens is 1. The average Bonchev–Trinajstić information content (AvgIpc) is 2.87. The fourth-order valence-electron chi connectivity index (χ4n) is 2.55. The molecule has 1 amide bonds. The predicted molar refractivity (Wildman–Crippen MR) is 64.0 cm³/mol. The van der Waals surface area contributed by atoms with E-state index in [0.717, 1.165) is 6.07 Å². The number of aromatic nitrogens is 1. The van der Waals surface area contributed by atoms with E-state index in [9.17, 15) is 9.18 Å². The number of hydrogen-bond acceptors (Lipinski definition) is 4. The largest absolute Gasteiger partial charge is 0.347 e. The third kappa shape index (κ3) is 2.46. The highest BCUT2D eigenvalue weighted by atomic mass is 19.1. The van der Waals surface area contributed by atoms with Gasteiger partial charge in [-0.05, 0) is 6.07 Å². The first-order valence-electron chi connectivity index (χ1n) is 6.37. The molecule has 0 N–H and O–H groups in total. The molecule has 5 nitrogen and oxygen atoms in total. The molecule has 19 heavy (non-hydrogen) atoms. The van der Waals surface area contributed by atoms with Crippen molar-refractivity contribution in [3.8, 4) is 0 Å². The highest BCUT2D eigenvalue weighted by Crippen LogP contribution is 2.31. The number of nitrogens with zero attached hydrogens (tertiary/aromatic N) is 2. The van der Waals surface area contributed by atoms with Crippen LogP contribution in [0.4, 0.5) is 4.39 Å². The maximum Gasteiger partial charge on any atom is 0.254 e. The van der Waals surface area contributed by atoms with Crippen LogP contribution in [0.15, 0.2) is 18.3 Å². The van der Waals surface area contributed by atoms with E-state index < -0.39 is 11.7 Å². The first-order chi connectivity index (χ1) is 9.19. The maximum atomic E-state index is 13.0. The van der Waals surface area contributed by atoms with Crippen molar-refractivity contribution in [2.45, 2.75) is 18.6 Å². The first-order valence-corrected chi connectivity index (χ1v) is 6.37. The van der Waals surface area contributed by atoms with Crippen LogP contribution in [0.1, 0.15) is 23.2 Å². The molecule has 0 saturated carbocycles. The molecule has 0 atom stereocenters. The first kappa shape index (κ1) is 12.5. The third-order valence-electron chi connectivity index (χ3n) is 3.60. The van der Waals surface area contributed by atoms with Crippen molar-refractivity contribution in [1.29, 1.82) is 0 Å². The summed E-state index contributed by atoms with van der Waals surface area (Å²) in [4.78, 5) is 17.4. The predicted octanol–water partition coefficient (Wildman–Crippen LogP) is 1.20. The van der Waals surface area contributed by atoms with Crippen LogP contribution in [-0.4, -0.2) is 47.9 Å². The van der Waals surface area contributed by atoms with Crippen LogP contribution in [0.5, 0.6) is 0 Å². The number of piperidine rings is 1. The summed E-state index contributed by atoms with van der Waals surface area (Å²) in [6.07, 6.45) is 2.62. The summed E-state index contributed by atoms with van der Waals surface area (Å²) in [6, 6.07) is 2.69. The molecule has 0 aromatic carbocycles. The molecular formula is C13H15FN2O3. The molecule has 6 heteroatoms. The van der Waals surface area contributed by atoms with E-state index in [0.29, 0.717) is 44.7 Å². The van der Waals surface area contributed by atoms with Gasteiger partial charge in [0.25, 0.3) is 5.91 Å². The van der Waals surface area contributed by atoms with Crippen molar-refractivity contribution in [3.63, 3.8) is 0 Å². The number of rotatable bonds is 1. The number of hydrogen-bond donors (Lipinski definition) is 0. The van der Waals surface area contributed by atoms with E-state index in [-0.39, 0.29) is 5.91 Å². The van der Waals surface area contributed by atoms with E-state index in [2.05, 4.69) is 4.98 Å². The van der Waals surface area contributed by atoms with Gasteiger partial charge in [0.1, 0.15) is 0 Å². The monoisotopic (exact) mass is 266 g/mol. The van der Waals surface area contributed by atoms with Crippen LogP contribution in [-0.2, 0) is 9.47 Å². The summed E-state index contributed by atoms with van der Waals surface area (Å²) < 4.78 is 24.2. The molecule has 1 aromatic rings. The molecule has 2 aliphatic rings. The van der Waals surface area contributed by atoms with E-state index in [1.807, 2.05) is 0 Å². The summed E-state index contributed by atoms with van der Waals surface area (Å²) in [7, 11) is 0. The Kier molecular flexibility index (Phi) is 3.20. The van der Waals surface area contributed by atoms with Crippen LogP contribution in [0.3, 0.4) is 0 Å². The lowest BCUT2D eigenvalue weighted by molar-refractivity contribution is -0.181. The Balaban J connectivity index is 1.66. The van der Waals surface area contributed by atoms with Crippen LogP contribution in [0.25, 0.3) is 0 Å². The topological polar surface area (TPSA) is 51.7 Å². The molecule has 2 fully saturated rings. The molecule has 3 heterocycles. The van der Waals surface area contributed by atoms with Gasteiger partial charge in [-0.2, -0.15) is 4.39 Å². The van der Waals surface area contributed by atoms with Crippen molar-refractivity contribution in [2.75, 3.05) is 26.3 Å². The highest BCUT2D eigenvalue weighted by Gasteiger charge is 2.40. The lowest BCUT2D eigenvalue weighted by Gasteiger charge is -2.37. The molecule has 1 aromatic heterocycles. The van der Waals surface area contributed by atoms with Gasteiger partial charge in [-0.25, -0.2) is 4.98 Å². The third-order valence-corrected chi connectivity index (χ3v) is 3.60. The van der Waals surface area contributed by atoms with Gasteiger partial charge < -0.3 is 14.4 Å². The SMILES string of the molecule is O=C(c1ccnc(F)c1)N1CCC2(CC1)OCCO2. The molecule has 1 spiro atoms. The summed E-state index contributed by atoms with van der Waals surface area (Å²) in [5.41, 5.74) is 0.330. The zero-order valence-electron chi connectivity index (χ0n) is 10.5. The number of carbonyl (C=O) groups excluding carboxylic acids is 1. The van der Waals surface area contributed by atoms with Crippen molar-refractivity contribution >= 4 is 5.91 Å². The minimum atomic E-state index is -0.637. The zero-order chi connectivity index (χ0) is 13.3. The van der Waals surface area contributed by atoms with Crippen LogP contribution in [0, 0.1) is 5.95 Å². The molecule has 3 rings (SSSR count). The van der Waals surface area contributed by atoms with Crippen molar-refractivity contribution in [2.24, 2.45) is 0 Å². The number of likely N-dealkylation sites (tertiary alicyclic amines) is 1. The summed E-state index contributed by atoms with van der Waals surface area (Å²) in [5.74, 6) is -1.31. The Morgan fingerprint density at radius 3 is 2.63 bits per heavy atom. The van der Waals surface area contributed by atoms with E-state index in [4.69, 9.17) is 9.47 Å². The zero-order valence-corrected chi connectivity index (χ0v) is 10.5. The molecule has 0 bridgehead atoms. The van der Waals surface area contributed by atoms with Crippen LogP contribution in [0.2, 0.25) is 0 Å². The number of ether oxygens (including phenoxy) is 2. The van der Waals surface area contributed by atoms with E-state index >= 15 is 0 Å². The van der Waals surface area contributed by atoms with Crippen LogP contribution >= 0.6 is 0 Å². The van der Waals surface area contributed by atoms with Gasteiger partial charge in [0.2, 0.25) is 5.95 Å². The second kappa shape index (κ2) is 4.86. The fraction of sp³-hybridized carbons (Fsp3) is 0.538. The van der Waals surface area contributed by atoms with Crippen molar-refractivity contribution in [3.05, 3.63) is 29.8 Å². The Morgan fingerprint density at radius 1 is 1.32 bits per heavy atom.